The summed E-state index contributed by atoms with van der Waals surface area (Å²) in [5.41, 5.74) is 2.90. The van der Waals surface area contributed by atoms with E-state index in [4.69, 9.17) is 0 Å². The summed E-state index contributed by atoms with van der Waals surface area (Å²) in [5, 5.41) is 0. The minimum absolute atomic E-state index is 0.00352. The Morgan fingerprint density at radius 2 is 1.60 bits per heavy atom. The molecular weight excluding hydrogens is 250 g/mol. The zero-order valence-electron chi connectivity index (χ0n) is 11.7. The summed E-state index contributed by atoms with van der Waals surface area (Å²) in [6.07, 6.45) is 5.23. The van der Waals surface area contributed by atoms with Crippen molar-refractivity contribution in [1.82, 2.24) is 0 Å². The molecule has 3 nitrogen and oxygen atoms in total. The third-order valence-corrected chi connectivity index (χ3v) is 5.06. The van der Waals surface area contributed by atoms with Gasteiger partial charge in [-0.15, -0.1) is 0 Å². The van der Waals surface area contributed by atoms with Crippen LogP contribution in [0.5, 0.6) is 0 Å². The number of aryl methyl sites for hydroxylation is 2. The number of carbonyl (C=O) groups is 2. The number of anilines is 1. The maximum atomic E-state index is 12.7. The van der Waals surface area contributed by atoms with E-state index >= 15 is 0 Å². The number of allylic oxidation sites excluding steroid dienone is 2. The zero-order valence-corrected chi connectivity index (χ0v) is 11.7. The molecule has 0 radical (unpaired) electrons. The average molecular weight is 267 g/mol. The lowest BCUT2D eigenvalue weighted by Crippen LogP contribution is -2.33. The summed E-state index contributed by atoms with van der Waals surface area (Å²) >= 11 is 0. The van der Waals surface area contributed by atoms with Crippen molar-refractivity contribution >= 4 is 17.5 Å². The normalized spacial score (nSPS) is 34.2. The number of carbonyl (C=O) groups excluding carboxylic acids is 2. The first kappa shape index (κ1) is 11.9. The molecule has 3 aliphatic rings. The lowest BCUT2D eigenvalue weighted by molar-refractivity contribution is -0.123. The van der Waals surface area contributed by atoms with Crippen molar-refractivity contribution in [3.8, 4) is 0 Å². The van der Waals surface area contributed by atoms with Crippen molar-refractivity contribution in [2.75, 3.05) is 4.90 Å². The van der Waals surface area contributed by atoms with Crippen molar-refractivity contribution in [2.24, 2.45) is 23.7 Å². The van der Waals surface area contributed by atoms with Crippen LogP contribution in [0.4, 0.5) is 5.69 Å². The van der Waals surface area contributed by atoms with Gasteiger partial charge in [-0.2, -0.15) is 0 Å². The first-order valence-electron chi connectivity index (χ1n) is 7.21. The van der Waals surface area contributed by atoms with Gasteiger partial charge in [0.2, 0.25) is 11.8 Å². The van der Waals surface area contributed by atoms with Crippen LogP contribution in [0.3, 0.4) is 0 Å². The van der Waals surface area contributed by atoms with Crippen LogP contribution in [0, 0.1) is 37.5 Å². The Morgan fingerprint density at radius 3 is 2.15 bits per heavy atom. The Morgan fingerprint density at radius 1 is 1.00 bits per heavy atom. The molecule has 1 aromatic rings. The van der Waals surface area contributed by atoms with Crippen molar-refractivity contribution in [1.29, 1.82) is 0 Å². The molecule has 1 saturated carbocycles. The zero-order chi connectivity index (χ0) is 14.0. The van der Waals surface area contributed by atoms with Crippen LogP contribution in [-0.2, 0) is 9.59 Å². The number of amides is 2. The fourth-order valence-electron chi connectivity index (χ4n) is 4.20. The molecule has 0 aromatic heterocycles. The first-order valence-corrected chi connectivity index (χ1v) is 7.21. The van der Waals surface area contributed by atoms with Gasteiger partial charge in [-0.25, -0.2) is 4.90 Å². The lowest BCUT2D eigenvalue weighted by atomic mass is 9.85. The molecule has 2 fully saturated rings. The van der Waals surface area contributed by atoms with Gasteiger partial charge in [-0.3, -0.25) is 9.59 Å². The van der Waals surface area contributed by atoms with E-state index < -0.39 is 0 Å². The van der Waals surface area contributed by atoms with Crippen LogP contribution >= 0.6 is 0 Å². The molecule has 1 aliphatic heterocycles. The summed E-state index contributed by atoms with van der Waals surface area (Å²) in [4.78, 5) is 26.8. The summed E-state index contributed by atoms with van der Waals surface area (Å²) in [6.45, 7) is 3.98. The van der Waals surface area contributed by atoms with Crippen LogP contribution in [0.25, 0.3) is 0 Å². The molecule has 4 rings (SSSR count). The van der Waals surface area contributed by atoms with E-state index in [-0.39, 0.29) is 35.5 Å². The molecule has 2 aliphatic carbocycles. The third-order valence-electron chi connectivity index (χ3n) is 5.06. The van der Waals surface area contributed by atoms with Gasteiger partial charge in [0, 0.05) is 0 Å². The molecule has 2 amide bonds. The van der Waals surface area contributed by atoms with Gasteiger partial charge in [0.15, 0.2) is 0 Å². The van der Waals surface area contributed by atoms with Gasteiger partial charge in [-0.05, 0) is 43.7 Å². The van der Waals surface area contributed by atoms with E-state index in [0.717, 1.165) is 23.2 Å². The maximum absolute atomic E-state index is 12.7. The molecule has 0 spiro atoms. The van der Waals surface area contributed by atoms with E-state index in [1.807, 2.05) is 32.0 Å². The monoisotopic (exact) mass is 267 g/mol. The topological polar surface area (TPSA) is 37.4 Å². The van der Waals surface area contributed by atoms with Gasteiger partial charge in [0.05, 0.1) is 17.5 Å². The van der Waals surface area contributed by atoms with Crippen molar-refractivity contribution in [3.05, 3.63) is 41.5 Å². The number of imide groups is 1. The SMILES string of the molecule is Cc1ccc(N2C(=O)[C@@H]3[C@H](C2=O)[C@@H]2C=C[C@@H]3C2)c(C)c1. The standard InChI is InChI=1S/C17H17NO2/c1-9-3-6-13(10(2)7-9)18-16(19)14-11-4-5-12(8-11)15(14)17(18)20/h3-7,11-12,14-15H,8H2,1-2H3/t11-,12-,14-,15+/m1/s1. The Balaban J connectivity index is 1.78. The highest BCUT2D eigenvalue weighted by Crippen LogP contribution is 2.53. The van der Waals surface area contributed by atoms with Crippen LogP contribution in [0.2, 0.25) is 0 Å². The van der Waals surface area contributed by atoms with Crippen molar-refractivity contribution in [2.45, 2.75) is 20.3 Å². The van der Waals surface area contributed by atoms with Gasteiger partial charge in [0.1, 0.15) is 0 Å². The van der Waals surface area contributed by atoms with E-state index in [1.165, 1.54) is 4.90 Å². The van der Waals surface area contributed by atoms with Crippen molar-refractivity contribution < 1.29 is 9.59 Å². The number of benzene rings is 1. The number of hydrogen-bond donors (Lipinski definition) is 0. The quantitative estimate of drug-likeness (QED) is 0.579. The Labute approximate surface area is 118 Å². The first-order chi connectivity index (χ1) is 9.58. The second-order valence-electron chi connectivity index (χ2n) is 6.30. The number of fused-ring (bicyclic) bond motifs is 5. The van der Waals surface area contributed by atoms with E-state index in [1.54, 1.807) is 0 Å². The fourth-order valence-corrected chi connectivity index (χ4v) is 4.20. The van der Waals surface area contributed by atoms with Gasteiger partial charge in [0.25, 0.3) is 0 Å². The molecule has 20 heavy (non-hydrogen) atoms. The van der Waals surface area contributed by atoms with Gasteiger partial charge < -0.3 is 0 Å². The summed E-state index contributed by atoms with van der Waals surface area (Å²) in [5.74, 6) is 0.332. The van der Waals surface area contributed by atoms with Crippen LogP contribution < -0.4 is 4.90 Å². The molecule has 2 bridgehead atoms. The van der Waals surface area contributed by atoms with Gasteiger partial charge >= 0.3 is 0 Å². The van der Waals surface area contributed by atoms with Crippen LogP contribution in [-0.4, -0.2) is 11.8 Å². The molecule has 0 N–H and O–H groups in total. The molecule has 3 heteroatoms. The Kier molecular flexibility index (Phi) is 2.27. The molecular formula is C17H17NO2. The molecule has 102 valence electrons. The molecule has 1 heterocycles. The molecule has 0 unspecified atom stereocenters. The highest BCUT2D eigenvalue weighted by molar-refractivity contribution is 6.23. The average Bonchev–Trinajstić information content (AvgIpc) is 3.06. The Bertz CT molecular complexity index is 631. The van der Waals surface area contributed by atoms with E-state index in [0.29, 0.717) is 0 Å². The summed E-state index contributed by atoms with van der Waals surface area (Å²) < 4.78 is 0. The number of nitrogens with zero attached hydrogens (tertiary/aromatic N) is 1. The maximum Gasteiger partial charge on any atom is 0.238 e. The highest BCUT2D eigenvalue weighted by Gasteiger charge is 2.59. The lowest BCUT2D eigenvalue weighted by Gasteiger charge is -2.19. The summed E-state index contributed by atoms with van der Waals surface area (Å²) in [7, 11) is 0. The minimum atomic E-state index is -0.113. The summed E-state index contributed by atoms with van der Waals surface area (Å²) in [6, 6.07) is 5.89. The highest BCUT2D eigenvalue weighted by atomic mass is 16.2. The second kappa shape index (κ2) is 3.81. The molecule has 4 atom stereocenters. The van der Waals surface area contributed by atoms with E-state index in [2.05, 4.69) is 12.2 Å². The second-order valence-corrected chi connectivity index (χ2v) is 6.30. The third kappa shape index (κ3) is 1.35. The van der Waals surface area contributed by atoms with Crippen LogP contribution in [0.1, 0.15) is 17.5 Å². The smallest absolute Gasteiger partial charge is 0.238 e. The predicted molar refractivity (Wildman–Crippen MR) is 76.1 cm³/mol. The largest absolute Gasteiger partial charge is 0.274 e. The van der Waals surface area contributed by atoms with Crippen molar-refractivity contribution in [3.63, 3.8) is 0 Å². The number of rotatable bonds is 1. The fraction of sp³-hybridized carbons (Fsp3) is 0.412. The van der Waals surface area contributed by atoms with E-state index in [9.17, 15) is 9.59 Å². The number of hydrogen-bond acceptors (Lipinski definition) is 2. The van der Waals surface area contributed by atoms with Crippen LogP contribution in [0.15, 0.2) is 30.4 Å². The van der Waals surface area contributed by atoms with Gasteiger partial charge in [-0.1, -0.05) is 29.8 Å². The Hall–Kier alpha value is -1.90. The molecule has 1 saturated heterocycles. The minimum Gasteiger partial charge on any atom is -0.274 e. The molecule has 1 aromatic carbocycles. The predicted octanol–water partition coefficient (Wildman–Crippen LogP) is 2.61.